The van der Waals surface area contributed by atoms with E-state index in [1.54, 1.807) is 0 Å². The lowest BCUT2D eigenvalue weighted by Crippen LogP contribution is -2.51. The van der Waals surface area contributed by atoms with Crippen molar-refractivity contribution in [3.63, 3.8) is 0 Å². The fourth-order valence-electron chi connectivity index (χ4n) is 3.68. The van der Waals surface area contributed by atoms with Gasteiger partial charge in [-0.1, -0.05) is 25.0 Å². The first kappa shape index (κ1) is 15.5. The van der Waals surface area contributed by atoms with Crippen molar-refractivity contribution in [2.75, 3.05) is 38.0 Å². The molecule has 2 aliphatic rings. The quantitative estimate of drug-likeness (QED) is 0.928. The average molecular weight is 301 g/mol. The molecule has 1 saturated carbocycles. The molecule has 0 unspecified atom stereocenters. The van der Waals surface area contributed by atoms with Gasteiger partial charge in [0.05, 0.1) is 6.54 Å². The van der Waals surface area contributed by atoms with Gasteiger partial charge in [0.1, 0.15) is 0 Å². The molecule has 0 atom stereocenters. The summed E-state index contributed by atoms with van der Waals surface area (Å²) in [5.41, 5.74) is 2.07. The van der Waals surface area contributed by atoms with Gasteiger partial charge in [-0.05, 0) is 37.5 Å². The normalized spacial score (nSPS) is 21.1. The maximum atomic E-state index is 12.2. The topological polar surface area (TPSA) is 35.6 Å². The number of hydrogen-bond donors (Lipinski definition) is 1. The van der Waals surface area contributed by atoms with Crippen LogP contribution in [0.3, 0.4) is 0 Å². The molecule has 120 valence electrons. The van der Waals surface area contributed by atoms with Crippen LogP contribution >= 0.6 is 0 Å². The first-order chi connectivity index (χ1) is 10.7. The van der Waals surface area contributed by atoms with Gasteiger partial charge in [-0.15, -0.1) is 0 Å². The van der Waals surface area contributed by atoms with Crippen LogP contribution in [-0.4, -0.2) is 54.5 Å². The van der Waals surface area contributed by atoms with E-state index in [-0.39, 0.29) is 5.91 Å². The Labute approximate surface area is 133 Å². The lowest BCUT2D eigenvalue weighted by Gasteiger charge is -2.37. The van der Waals surface area contributed by atoms with Gasteiger partial charge in [-0.25, -0.2) is 0 Å². The fourth-order valence-corrected chi connectivity index (χ4v) is 3.68. The van der Waals surface area contributed by atoms with E-state index in [0.29, 0.717) is 6.54 Å². The van der Waals surface area contributed by atoms with Gasteiger partial charge in [0, 0.05) is 37.9 Å². The molecular formula is C18H27N3O. The molecule has 4 heteroatoms. The molecule has 0 radical (unpaired) electrons. The monoisotopic (exact) mass is 301 g/mol. The summed E-state index contributed by atoms with van der Waals surface area (Å²) in [5.74, 6) is 0.0971. The predicted octanol–water partition coefficient (Wildman–Crippen LogP) is 2.49. The number of anilines is 1. The SMILES string of the molecule is Cc1cccc(NC(=O)CN2CCN(C3CCCC3)CC2)c1. The Bertz CT molecular complexity index is 503. The molecular weight excluding hydrogens is 274 g/mol. The predicted molar refractivity (Wildman–Crippen MR) is 90.1 cm³/mol. The highest BCUT2D eigenvalue weighted by atomic mass is 16.2. The molecule has 4 nitrogen and oxygen atoms in total. The van der Waals surface area contributed by atoms with Crippen LogP contribution in [0.4, 0.5) is 5.69 Å². The zero-order chi connectivity index (χ0) is 15.4. The summed E-state index contributed by atoms with van der Waals surface area (Å²) in [4.78, 5) is 17.1. The van der Waals surface area contributed by atoms with Crippen molar-refractivity contribution in [3.8, 4) is 0 Å². The molecule has 1 N–H and O–H groups in total. The highest BCUT2D eigenvalue weighted by Crippen LogP contribution is 2.24. The number of nitrogens with one attached hydrogen (secondary N) is 1. The third kappa shape index (κ3) is 4.08. The van der Waals surface area contributed by atoms with Crippen molar-refractivity contribution >= 4 is 11.6 Å². The maximum Gasteiger partial charge on any atom is 0.238 e. The summed E-state index contributed by atoms with van der Waals surface area (Å²) in [7, 11) is 0. The highest BCUT2D eigenvalue weighted by Gasteiger charge is 2.26. The van der Waals surface area contributed by atoms with Crippen LogP contribution in [0.25, 0.3) is 0 Å². The van der Waals surface area contributed by atoms with Crippen LogP contribution in [0, 0.1) is 6.92 Å². The summed E-state index contributed by atoms with van der Waals surface area (Å²) < 4.78 is 0. The second-order valence-corrected chi connectivity index (χ2v) is 6.67. The van der Waals surface area contributed by atoms with E-state index in [9.17, 15) is 4.79 Å². The Hall–Kier alpha value is -1.39. The van der Waals surface area contributed by atoms with Crippen molar-refractivity contribution in [3.05, 3.63) is 29.8 Å². The Morgan fingerprint density at radius 2 is 1.91 bits per heavy atom. The van der Waals surface area contributed by atoms with Crippen LogP contribution in [0.1, 0.15) is 31.2 Å². The number of carbonyl (C=O) groups excluding carboxylic acids is 1. The summed E-state index contributed by atoms with van der Waals surface area (Å²) in [6, 6.07) is 8.78. The third-order valence-corrected chi connectivity index (χ3v) is 4.92. The van der Waals surface area contributed by atoms with E-state index in [1.165, 1.54) is 31.2 Å². The second kappa shape index (κ2) is 7.25. The number of rotatable bonds is 4. The van der Waals surface area contributed by atoms with Crippen LogP contribution in [0.15, 0.2) is 24.3 Å². The molecule has 1 saturated heterocycles. The minimum Gasteiger partial charge on any atom is -0.325 e. The molecule has 0 aromatic heterocycles. The molecule has 1 aliphatic heterocycles. The summed E-state index contributed by atoms with van der Waals surface area (Å²) in [5, 5.41) is 3.00. The van der Waals surface area contributed by atoms with Crippen LogP contribution in [0.2, 0.25) is 0 Å². The summed E-state index contributed by atoms with van der Waals surface area (Å²) in [6.07, 6.45) is 5.52. The second-order valence-electron chi connectivity index (χ2n) is 6.67. The minimum absolute atomic E-state index is 0.0971. The van der Waals surface area contributed by atoms with Crippen molar-refractivity contribution in [2.24, 2.45) is 0 Å². The van der Waals surface area contributed by atoms with Crippen molar-refractivity contribution < 1.29 is 4.79 Å². The van der Waals surface area contributed by atoms with Crippen LogP contribution in [0.5, 0.6) is 0 Å². The maximum absolute atomic E-state index is 12.2. The number of amides is 1. The largest absolute Gasteiger partial charge is 0.325 e. The van der Waals surface area contributed by atoms with Gasteiger partial charge in [0.15, 0.2) is 0 Å². The molecule has 1 aromatic rings. The van der Waals surface area contributed by atoms with E-state index in [2.05, 4.69) is 15.1 Å². The van der Waals surface area contributed by atoms with E-state index in [1.807, 2.05) is 31.2 Å². The third-order valence-electron chi connectivity index (χ3n) is 4.92. The number of carbonyl (C=O) groups is 1. The van der Waals surface area contributed by atoms with Crippen LogP contribution in [-0.2, 0) is 4.79 Å². The Balaban J connectivity index is 1.43. The molecule has 1 heterocycles. The number of hydrogen-bond acceptors (Lipinski definition) is 3. The lowest BCUT2D eigenvalue weighted by atomic mass is 10.2. The Morgan fingerprint density at radius 3 is 2.59 bits per heavy atom. The van der Waals surface area contributed by atoms with Gasteiger partial charge < -0.3 is 5.32 Å². The van der Waals surface area contributed by atoms with E-state index >= 15 is 0 Å². The van der Waals surface area contributed by atoms with E-state index in [4.69, 9.17) is 0 Å². The molecule has 1 aliphatic carbocycles. The Kier molecular flexibility index (Phi) is 5.11. The van der Waals surface area contributed by atoms with Gasteiger partial charge in [-0.3, -0.25) is 14.6 Å². The number of benzene rings is 1. The van der Waals surface area contributed by atoms with Crippen LogP contribution < -0.4 is 5.32 Å². The molecule has 3 rings (SSSR count). The first-order valence-electron chi connectivity index (χ1n) is 8.53. The van der Waals surface area contributed by atoms with Gasteiger partial charge >= 0.3 is 0 Å². The molecule has 1 aromatic carbocycles. The zero-order valence-corrected chi connectivity index (χ0v) is 13.6. The molecule has 1 amide bonds. The summed E-state index contributed by atoms with van der Waals surface area (Å²) >= 11 is 0. The molecule has 0 bridgehead atoms. The smallest absolute Gasteiger partial charge is 0.238 e. The molecule has 2 fully saturated rings. The van der Waals surface area contributed by atoms with Gasteiger partial charge in [0.2, 0.25) is 5.91 Å². The number of nitrogens with zero attached hydrogens (tertiary/aromatic N) is 2. The summed E-state index contributed by atoms with van der Waals surface area (Å²) in [6.45, 7) is 6.80. The molecule has 0 spiro atoms. The van der Waals surface area contributed by atoms with Gasteiger partial charge in [0.25, 0.3) is 0 Å². The van der Waals surface area contributed by atoms with E-state index < -0.39 is 0 Å². The first-order valence-corrected chi connectivity index (χ1v) is 8.53. The van der Waals surface area contributed by atoms with Crippen molar-refractivity contribution in [2.45, 2.75) is 38.6 Å². The highest BCUT2D eigenvalue weighted by molar-refractivity contribution is 5.92. The molecule has 22 heavy (non-hydrogen) atoms. The van der Waals surface area contributed by atoms with E-state index in [0.717, 1.165) is 37.9 Å². The standard InChI is InChI=1S/C18H27N3O/c1-15-5-4-6-16(13-15)19-18(22)14-20-9-11-21(12-10-20)17-7-2-3-8-17/h4-6,13,17H,2-3,7-12,14H2,1H3,(H,19,22). The van der Waals surface area contributed by atoms with Crippen molar-refractivity contribution in [1.29, 1.82) is 0 Å². The average Bonchev–Trinajstić information content (AvgIpc) is 3.02. The fraction of sp³-hybridized carbons (Fsp3) is 0.611. The van der Waals surface area contributed by atoms with Crippen molar-refractivity contribution in [1.82, 2.24) is 9.80 Å². The van der Waals surface area contributed by atoms with Gasteiger partial charge in [-0.2, -0.15) is 0 Å². The zero-order valence-electron chi connectivity index (χ0n) is 13.6. The number of piperazine rings is 1. The number of aryl methyl sites for hydroxylation is 1. The Morgan fingerprint density at radius 1 is 1.18 bits per heavy atom. The lowest BCUT2D eigenvalue weighted by molar-refractivity contribution is -0.117. The minimum atomic E-state index is 0.0971.